The number of halogens is 1. The summed E-state index contributed by atoms with van der Waals surface area (Å²) in [7, 11) is -2.76. The number of rotatable bonds is 7. The molecule has 1 saturated heterocycles. The van der Waals surface area contributed by atoms with Gasteiger partial charge in [0, 0.05) is 29.2 Å². The second kappa shape index (κ2) is 10.5. The zero-order chi connectivity index (χ0) is 25.0. The Bertz CT molecular complexity index is 1360. The molecule has 35 heavy (non-hydrogen) atoms. The fourth-order valence-corrected chi connectivity index (χ4v) is 4.98. The molecule has 0 radical (unpaired) electrons. The number of sulfonamides is 1. The van der Waals surface area contributed by atoms with Crippen LogP contribution < -0.4 is 9.46 Å². The van der Waals surface area contributed by atoms with Crippen LogP contribution in [0.4, 0.5) is 5.69 Å². The van der Waals surface area contributed by atoms with Crippen LogP contribution in [0.25, 0.3) is 0 Å². The number of methoxy groups -OCH3 is 1. The van der Waals surface area contributed by atoms with E-state index >= 15 is 0 Å². The Balaban J connectivity index is 1.68. The molecule has 0 spiro atoms. The molecule has 3 aromatic carbocycles. The third kappa shape index (κ3) is 5.48. The van der Waals surface area contributed by atoms with Crippen LogP contribution in [-0.4, -0.2) is 58.4 Å². The largest absolute Gasteiger partial charge is 0.496 e. The average molecular weight is 515 g/mol. The summed E-state index contributed by atoms with van der Waals surface area (Å²) in [5.41, 5.74) is 0.678. The highest BCUT2D eigenvalue weighted by Gasteiger charge is 2.26. The number of ether oxygens (including phenoxy) is 2. The third-order valence-corrected chi connectivity index (χ3v) is 7.11. The molecule has 0 bridgehead atoms. The van der Waals surface area contributed by atoms with Crippen LogP contribution in [0.2, 0.25) is 5.02 Å². The predicted octanol–water partition coefficient (Wildman–Crippen LogP) is 3.85. The van der Waals surface area contributed by atoms with Crippen LogP contribution in [-0.2, 0) is 14.8 Å². The molecule has 1 fully saturated rings. The molecule has 4 rings (SSSR count). The van der Waals surface area contributed by atoms with E-state index in [1.165, 1.54) is 43.5 Å². The lowest BCUT2D eigenvalue weighted by Gasteiger charge is -2.27. The zero-order valence-electron chi connectivity index (χ0n) is 18.9. The van der Waals surface area contributed by atoms with Crippen LogP contribution in [0.1, 0.15) is 26.3 Å². The monoisotopic (exact) mass is 514 g/mol. The molecule has 0 aromatic heterocycles. The number of benzene rings is 3. The minimum Gasteiger partial charge on any atom is -0.496 e. The number of carbonyl (C=O) groups excluding carboxylic acids is 2. The highest BCUT2D eigenvalue weighted by Crippen LogP contribution is 2.29. The average Bonchev–Trinajstić information content (AvgIpc) is 2.89. The van der Waals surface area contributed by atoms with Crippen molar-refractivity contribution in [3.63, 3.8) is 0 Å². The summed E-state index contributed by atoms with van der Waals surface area (Å²) in [5, 5.41) is 0.287. The lowest BCUT2D eigenvalue weighted by Crippen LogP contribution is -2.40. The first-order valence-electron chi connectivity index (χ1n) is 10.8. The van der Waals surface area contributed by atoms with Crippen molar-refractivity contribution in [2.24, 2.45) is 0 Å². The van der Waals surface area contributed by atoms with Crippen molar-refractivity contribution >= 4 is 39.0 Å². The molecule has 1 amide bonds. The van der Waals surface area contributed by atoms with E-state index in [9.17, 15) is 18.0 Å². The SMILES string of the molecule is COc1ccc(S(=O)(=O)Nc2ccc(Cl)cc2C(=O)c2ccccc2)cc1C(=O)N1CCOCC1. The molecule has 10 heteroatoms. The Morgan fingerprint density at radius 3 is 2.37 bits per heavy atom. The molecular formula is C25H23ClN2O6S. The number of nitrogens with zero attached hydrogens (tertiary/aromatic N) is 1. The van der Waals surface area contributed by atoms with Crippen molar-refractivity contribution in [2.75, 3.05) is 38.1 Å². The van der Waals surface area contributed by atoms with Crippen molar-refractivity contribution in [1.29, 1.82) is 0 Å². The van der Waals surface area contributed by atoms with Gasteiger partial charge in [0.25, 0.3) is 15.9 Å². The van der Waals surface area contributed by atoms with Crippen LogP contribution >= 0.6 is 11.6 Å². The van der Waals surface area contributed by atoms with Gasteiger partial charge in [-0.2, -0.15) is 0 Å². The van der Waals surface area contributed by atoms with Gasteiger partial charge in [0.1, 0.15) is 5.75 Å². The van der Waals surface area contributed by atoms with Gasteiger partial charge in [-0.3, -0.25) is 14.3 Å². The Hall–Kier alpha value is -3.40. The van der Waals surface area contributed by atoms with Gasteiger partial charge in [0.2, 0.25) is 0 Å². The molecule has 182 valence electrons. The zero-order valence-corrected chi connectivity index (χ0v) is 20.4. The molecule has 8 nitrogen and oxygen atoms in total. The standard InChI is InChI=1S/C25H23ClN2O6S/c1-33-23-10-8-19(16-21(23)25(30)28-11-13-34-14-12-28)35(31,32)27-22-9-7-18(26)15-20(22)24(29)17-5-3-2-4-6-17/h2-10,15-16,27H,11-14H2,1H3. The smallest absolute Gasteiger partial charge is 0.261 e. The molecule has 0 atom stereocenters. The van der Waals surface area contributed by atoms with Gasteiger partial charge in [-0.25, -0.2) is 8.42 Å². The highest BCUT2D eigenvalue weighted by atomic mass is 35.5. The first-order valence-corrected chi connectivity index (χ1v) is 12.6. The molecule has 0 aliphatic carbocycles. The maximum absolute atomic E-state index is 13.3. The van der Waals surface area contributed by atoms with E-state index in [1.54, 1.807) is 35.2 Å². The highest BCUT2D eigenvalue weighted by molar-refractivity contribution is 7.92. The number of morpholine rings is 1. The molecule has 1 aliphatic rings. The summed E-state index contributed by atoms with van der Waals surface area (Å²) in [6.07, 6.45) is 0. The number of carbonyl (C=O) groups is 2. The summed E-state index contributed by atoms with van der Waals surface area (Å²) in [6, 6.07) is 16.8. The van der Waals surface area contributed by atoms with Gasteiger partial charge in [-0.05, 0) is 36.4 Å². The maximum atomic E-state index is 13.3. The van der Waals surface area contributed by atoms with Crippen molar-refractivity contribution in [3.8, 4) is 5.75 Å². The van der Waals surface area contributed by atoms with Crippen molar-refractivity contribution < 1.29 is 27.5 Å². The number of anilines is 1. The minimum absolute atomic E-state index is 0.0696. The van der Waals surface area contributed by atoms with Gasteiger partial charge in [-0.1, -0.05) is 41.9 Å². The lowest BCUT2D eigenvalue weighted by molar-refractivity contribution is 0.0300. The second-order valence-electron chi connectivity index (χ2n) is 7.76. The Kier molecular flexibility index (Phi) is 7.39. The van der Waals surface area contributed by atoms with E-state index in [1.807, 2.05) is 0 Å². The van der Waals surface area contributed by atoms with Crippen LogP contribution in [0.15, 0.2) is 71.6 Å². The fraction of sp³-hybridized carbons (Fsp3) is 0.200. The van der Waals surface area contributed by atoms with Crippen LogP contribution in [0.3, 0.4) is 0 Å². The Morgan fingerprint density at radius 2 is 1.69 bits per heavy atom. The molecule has 0 unspecified atom stereocenters. The predicted molar refractivity (Wildman–Crippen MR) is 132 cm³/mol. The third-order valence-electron chi connectivity index (χ3n) is 5.52. The summed E-state index contributed by atoms with van der Waals surface area (Å²) in [4.78, 5) is 27.6. The first kappa shape index (κ1) is 24.7. The quantitative estimate of drug-likeness (QED) is 0.480. The molecule has 1 heterocycles. The molecule has 1 aliphatic heterocycles. The minimum atomic E-state index is -4.17. The number of ketones is 1. The summed E-state index contributed by atoms with van der Waals surface area (Å²) in [5.74, 6) is -0.482. The van der Waals surface area contributed by atoms with E-state index in [0.717, 1.165) is 0 Å². The first-order chi connectivity index (χ1) is 16.8. The van der Waals surface area contributed by atoms with Crippen molar-refractivity contribution in [1.82, 2.24) is 4.90 Å². The van der Waals surface area contributed by atoms with E-state index in [2.05, 4.69) is 4.72 Å². The molecule has 3 aromatic rings. The summed E-state index contributed by atoms with van der Waals surface area (Å²) < 4.78 is 39.7. The Morgan fingerprint density at radius 1 is 0.971 bits per heavy atom. The van der Waals surface area contributed by atoms with Crippen LogP contribution in [0, 0.1) is 0 Å². The van der Waals surface area contributed by atoms with Crippen molar-refractivity contribution in [2.45, 2.75) is 4.90 Å². The normalized spacial score (nSPS) is 13.8. The molecule has 1 N–H and O–H groups in total. The summed E-state index contributed by atoms with van der Waals surface area (Å²) >= 11 is 6.11. The van der Waals surface area contributed by atoms with Crippen molar-refractivity contribution in [3.05, 3.63) is 88.4 Å². The number of hydrogen-bond acceptors (Lipinski definition) is 6. The van der Waals surface area contributed by atoms with E-state index in [0.29, 0.717) is 31.9 Å². The lowest BCUT2D eigenvalue weighted by atomic mass is 10.0. The number of amides is 1. The number of nitrogens with one attached hydrogen (secondary N) is 1. The Labute approximate surface area is 208 Å². The molecular weight excluding hydrogens is 492 g/mol. The van der Waals surface area contributed by atoms with Gasteiger partial charge < -0.3 is 14.4 Å². The van der Waals surface area contributed by atoms with Gasteiger partial charge in [-0.15, -0.1) is 0 Å². The van der Waals surface area contributed by atoms with Crippen LogP contribution in [0.5, 0.6) is 5.75 Å². The van der Waals surface area contributed by atoms with Gasteiger partial charge in [0.05, 0.1) is 36.5 Å². The second-order valence-corrected chi connectivity index (χ2v) is 9.88. The van der Waals surface area contributed by atoms with E-state index in [-0.39, 0.29) is 44.2 Å². The molecule has 0 saturated carbocycles. The topological polar surface area (TPSA) is 102 Å². The van der Waals surface area contributed by atoms with E-state index < -0.39 is 10.0 Å². The summed E-state index contributed by atoms with van der Waals surface area (Å²) in [6.45, 7) is 1.60. The van der Waals surface area contributed by atoms with Gasteiger partial charge in [0.15, 0.2) is 5.78 Å². The maximum Gasteiger partial charge on any atom is 0.261 e. The number of hydrogen-bond donors (Lipinski definition) is 1. The van der Waals surface area contributed by atoms with E-state index in [4.69, 9.17) is 21.1 Å². The fourth-order valence-electron chi connectivity index (χ4n) is 3.70. The van der Waals surface area contributed by atoms with Gasteiger partial charge >= 0.3 is 0 Å².